The summed E-state index contributed by atoms with van der Waals surface area (Å²) in [4.78, 5) is 0. The minimum atomic E-state index is 0.529. The number of benzene rings is 1. The third kappa shape index (κ3) is 1.98. The third-order valence-corrected chi connectivity index (χ3v) is 3.28. The zero-order valence-electron chi connectivity index (χ0n) is 9.17. The summed E-state index contributed by atoms with van der Waals surface area (Å²) in [5.74, 6) is 1.40. The largest absolute Gasteiger partial charge is 0.397 e. The molecule has 3 rings (SSSR count). The Morgan fingerprint density at radius 1 is 1.41 bits per heavy atom. The van der Waals surface area contributed by atoms with Crippen molar-refractivity contribution in [3.05, 3.63) is 23.2 Å². The molecular weight excluding hydrogens is 238 g/mol. The molecule has 1 fully saturated rings. The average Bonchev–Trinajstić information content (AvgIpc) is 3.01. The van der Waals surface area contributed by atoms with Gasteiger partial charge in [-0.25, -0.2) is 4.68 Å². The first kappa shape index (κ1) is 10.5. The van der Waals surface area contributed by atoms with Crippen molar-refractivity contribution in [1.82, 2.24) is 20.2 Å². The lowest BCUT2D eigenvalue weighted by Gasteiger charge is -2.07. The maximum atomic E-state index is 6.00. The molecule has 0 spiro atoms. The van der Waals surface area contributed by atoms with Crippen LogP contribution in [0.2, 0.25) is 5.02 Å². The van der Waals surface area contributed by atoms with Gasteiger partial charge in [0.15, 0.2) is 5.82 Å². The monoisotopic (exact) mass is 249 g/mol. The highest BCUT2D eigenvalue weighted by Crippen LogP contribution is 2.33. The van der Waals surface area contributed by atoms with Crippen LogP contribution in [-0.4, -0.2) is 20.2 Å². The first-order valence-electron chi connectivity index (χ1n) is 5.56. The van der Waals surface area contributed by atoms with E-state index >= 15 is 0 Å². The summed E-state index contributed by atoms with van der Waals surface area (Å²) >= 11 is 6.00. The van der Waals surface area contributed by atoms with E-state index in [1.807, 2.05) is 12.1 Å². The Kier molecular flexibility index (Phi) is 2.48. The maximum absolute atomic E-state index is 6.00. The van der Waals surface area contributed by atoms with Gasteiger partial charge in [0.1, 0.15) is 0 Å². The molecule has 1 saturated carbocycles. The quantitative estimate of drug-likeness (QED) is 0.845. The van der Waals surface area contributed by atoms with Crippen LogP contribution in [-0.2, 0) is 6.54 Å². The van der Waals surface area contributed by atoms with Crippen molar-refractivity contribution in [3.8, 4) is 11.4 Å². The number of rotatable bonds is 3. The molecule has 0 radical (unpaired) electrons. The van der Waals surface area contributed by atoms with Crippen molar-refractivity contribution >= 4 is 17.3 Å². The first-order chi connectivity index (χ1) is 8.25. The van der Waals surface area contributed by atoms with Gasteiger partial charge >= 0.3 is 0 Å². The minimum absolute atomic E-state index is 0.529. The number of nitrogens with zero attached hydrogens (tertiary/aromatic N) is 4. The van der Waals surface area contributed by atoms with Gasteiger partial charge in [-0.1, -0.05) is 17.7 Å². The number of nitrogen functional groups attached to an aromatic ring is 1. The second-order valence-electron chi connectivity index (χ2n) is 4.33. The van der Waals surface area contributed by atoms with Crippen LogP contribution in [0.1, 0.15) is 12.8 Å². The lowest BCUT2D eigenvalue weighted by molar-refractivity contribution is 0.548. The molecule has 5 nitrogen and oxygen atoms in total. The molecule has 0 atom stereocenters. The SMILES string of the molecule is Nc1c(Cl)cccc1-c1nnnn1CC1CC1. The normalized spacial score (nSPS) is 15.1. The number of para-hydroxylation sites is 1. The van der Waals surface area contributed by atoms with E-state index in [0.29, 0.717) is 22.5 Å². The highest BCUT2D eigenvalue weighted by Gasteiger charge is 2.24. The third-order valence-electron chi connectivity index (χ3n) is 2.95. The van der Waals surface area contributed by atoms with Crippen molar-refractivity contribution in [2.45, 2.75) is 19.4 Å². The molecule has 0 aliphatic heterocycles. The molecular formula is C11H12ClN5. The fourth-order valence-electron chi connectivity index (χ4n) is 1.80. The summed E-state index contributed by atoms with van der Waals surface area (Å²) < 4.78 is 1.81. The molecule has 0 bridgehead atoms. The minimum Gasteiger partial charge on any atom is -0.397 e. The van der Waals surface area contributed by atoms with E-state index in [1.165, 1.54) is 12.8 Å². The van der Waals surface area contributed by atoms with E-state index in [-0.39, 0.29) is 0 Å². The van der Waals surface area contributed by atoms with Crippen LogP contribution in [0.5, 0.6) is 0 Å². The number of aromatic nitrogens is 4. The smallest absolute Gasteiger partial charge is 0.184 e. The highest BCUT2D eigenvalue weighted by molar-refractivity contribution is 6.33. The van der Waals surface area contributed by atoms with Crippen LogP contribution in [0.4, 0.5) is 5.69 Å². The fourth-order valence-corrected chi connectivity index (χ4v) is 1.97. The summed E-state index contributed by atoms with van der Waals surface area (Å²) in [7, 11) is 0. The highest BCUT2D eigenvalue weighted by atomic mass is 35.5. The van der Waals surface area contributed by atoms with Gasteiger partial charge in [-0.15, -0.1) is 5.10 Å². The number of hydrogen-bond acceptors (Lipinski definition) is 4. The summed E-state index contributed by atoms with van der Waals surface area (Å²) in [5.41, 5.74) is 7.27. The molecule has 1 aliphatic rings. The molecule has 0 saturated heterocycles. The first-order valence-corrected chi connectivity index (χ1v) is 5.94. The fraction of sp³-hybridized carbons (Fsp3) is 0.364. The van der Waals surface area contributed by atoms with Gasteiger partial charge in [-0.2, -0.15) is 0 Å². The van der Waals surface area contributed by atoms with Crippen molar-refractivity contribution in [2.75, 3.05) is 5.73 Å². The number of tetrazole rings is 1. The van der Waals surface area contributed by atoms with E-state index in [4.69, 9.17) is 17.3 Å². The second kappa shape index (κ2) is 4.00. The van der Waals surface area contributed by atoms with E-state index < -0.39 is 0 Å². The van der Waals surface area contributed by atoms with Gasteiger partial charge in [0.05, 0.1) is 10.7 Å². The topological polar surface area (TPSA) is 69.6 Å². The van der Waals surface area contributed by atoms with E-state index in [9.17, 15) is 0 Å². The maximum Gasteiger partial charge on any atom is 0.184 e. The Hall–Kier alpha value is -1.62. The van der Waals surface area contributed by atoms with Gasteiger partial charge in [0.2, 0.25) is 0 Å². The summed E-state index contributed by atoms with van der Waals surface area (Å²) in [6.07, 6.45) is 2.51. The molecule has 2 aromatic rings. The Morgan fingerprint density at radius 2 is 2.24 bits per heavy atom. The molecule has 6 heteroatoms. The Morgan fingerprint density at radius 3 is 3.00 bits per heavy atom. The van der Waals surface area contributed by atoms with Gasteiger partial charge in [0, 0.05) is 12.1 Å². The van der Waals surface area contributed by atoms with E-state index in [0.717, 1.165) is 12.1 Å². The summed E-state index contributed by atoms with van der Waals surface area (Å²) in [5, 5.41) is 12.3. The van der Waals surface area contributed by atoms with Gasteiger partial charge < -0.3 is 5.73 Å². The molecule has 1 aliphatic carbocycles. The lowest BCUT2D eigenvalue weighted by Crippen LogP contribution is -2.05. The van der Waals surface area contributed by atoms with Crippen LogP contribution in [0, 0.1) is 5.92 Å². The lowest BCUT2D eigenvalue weighted by atomic mass is 10.1. The predicted octanol–water partition coefficient (Wildman–Crippen LogP) is 1.99. The molecule has 88 valence electrons. The van der Waals surface area contributed by atoms with Crippen LogP contribution in [0.3, 0.4) is 0 Å². The molecule has 0 amide bonds. The Bertz CT molecular complexity index is 547. The zero-order chi connectivity index (χ0) is 11.8. The van der Waals surface area contributed by atoms with Crippen molar-refractivity contribution in [3.63, 3.8) is 0 Å². The van der Waals surface area contributed by atoms with Crippen LogP contribution < -0.4 is 5.73 Å². The summed E-state index contributed by atoms with van der Waals surface area (Å²) in [6.45, 7) is 0.855. The van der Waals surface area contributed by atoms with Crippen molar-refractivity contribution in [1.29, 1.82) is 0 Å². The zero-order valence-corrected chi connectivity index (χ0v) is 9.93. The van der Waals surface area contributed by atoms with Gasteiger partial charge in [-0.3, -0.25) is 0 Å². The molecule has 17 heavy (non-hydrogen) atoms. The molecule has 2 N–H and O–H groups in total. The van der Waals surface area contributed by atoms with E-state index in [2.05, 4.69) is 15.5 Å². The average molecular weight is 250 g/mol. The number of nitrogens with two attached hydrogens (primary N) is 1. The molecule has 0 unspecified atom stereocenters. The second-order valence-corrected chi connectivity index (χ2v) is 4.74. The van der Waals surface area contributed by atoms with Gasteiger partial charge in [-0.05, 0) is 41.3 Å². The predicted molar refractivity (Wildman–Crippen MR) is 65.4 cm³/mol. The summed E-state index contributed by atoms with van der Waals surface area (Å²) in [6, 6.07) is 5.50. The standard InChI is InChI=1S/C11H12ClN5/c12-9-3-1-2-8(10(9)13)11-14-15-16-17(11)6-7-4-5-7/h1-3,7H,4-6,13H2. The Labute approximate surface area is 104 Å². The van der Waals surface area contributed by atoms with Crippen LogP contribution in [0.15, 0.2) is 18.2 Å². The van der Waals surface area contributed by atoms with Crippen molar-refractivity contribution < 1.29 is 0 Å². The van der Waals surface area contributed by atoms with Crippen LogP contribution >= 0.6 is 11.6 Å². The van der Waals surface area contributed by atoms with Crippen molar-refractivity contribution in [2.24, 2.45) is 5.92 Å². The molecule has 1 heterocycles. The van der Waals surface area contributed by atoms with Gasteiger partial charge in [0.25, 0.3) is 0 Å². The molecule has 1 aromatic heterocycles. The number of anilines is 1. The Balaban J connectivity index is 2.02. The van der Waals surface area contributed by atoms with E-state index in [1.54, 1.807) is 10.7 Å². The number of halogens is 1. The molecule has 1 aromatic carbocycles. The van der Waals surface area contributed by atoms with Crippen LogP contribution in [0.25, 0.3) is 11.4 Å². The number of hydrogen-bond donors (Lipinski definition) is 1.